The summed E-state index contributed by atoms with van der Waals surface area (Å²) in [6, 6.07) is 5.77. The molecule has 1 atom stereocenters. The van der Waals surface area contributed by atoms with Gasteiger partial charge in [0.2, 0.25) is 0 Å². The van der Waals surface area contributed by atoms with Gasteiger partial charge in [-0.1, -0.05) is 21.5 Å². The Morgan fingerprint density at radius 2 is 2.16 bits per heavy atom. The van der Waals surface area contributed by atoms with Crippen LogP contribution in [0.25, 0.3) is 0 Å². The van der Waals surface area contributed by atoms with Crippen LogP contribution in [-0.4, -0.2) is 36.2 Å². The van der Waals surface area contributed by atoms with Crippen LogP contribution in [0.15, 0.2) is 34.8 Å². The summed E-state index contributed by atoms with van der Waals surface area (Å²) in [5.41, 5.74) is 2.31. The number of aromatic hydroxyl groups is 1. The Bertz CT molecular complexity index is 455. The van der Waals surface area contributed by atoms with Crippen LogP contribution in [-0.2, 0) is 0 Å². The molecule has 4 heteroatoms. The first-order chi connectivity index (χ1) is 9.08. The Balaban J connectivity index is 2.29. The molecular formula is C15H21BrN2O. The first-order valence-electron chi connectivity index (χ1n) is 6.65. The quantitative estimate of drug-likeness (QED) is 0.835. The maximum absolute atomic E-state index is 9.74. The Hall–Kier alpha value is -0.840. The predicted molar refractivity (Wildman–Crippen MR) is 82.4 cm³/mol. The number of hydrogen-bond donors (Lipinski definition) is 2. The number of phenolic OH excluding ortho intramolecular Hbond substituents is 1. The van der Waals surface area contributed by atoms with E-state index in [2.05, 4.69) is 39.6 Å². The first-order valence-corrected chi connectivity index (χ1v) is 7.45. The zero-order chi connectivity index (χ0) is 13.8. The average molecular weight is 325 g/mol. The van der Waals surface area contributed by atoms with Gasteiger partial charge in [-0.15, -0.1) is 6.58 Å². The standard InChI is InChI=1S/C15H21BrN2O/c1-11(2)9-15(18-7-5-17-6-8-18)13-10-12(19)3-4-14(13)16/h3-4,10,15,17,19H,1,5-9H2,2H3/t15-/m1/s1. The highest BCUT2D eigenvalue weighted by molar-refractivity contribution is 9.10. The normalized spacial score (nSPS) is 18.2. The van der Waals surface area contributed by atoms with Gasteiger partial charge in [-0.05, 0) is 37.1 Å². The molecule has 1 fully saturated rings. The highest BCUT2D eigenvalue weighted by Crippen LogP contribution is 2.34. The molecule has 0 spiro atoms. The molecule has 0 amide bonds. The largest absolute Gasteiger partial charge is 0.508 e. The van der Waals surface area contributed by atoms with Crippen molar-refractivity contribution in [1.82, 2.24) is 10.2 Å². The summed E-state index contributed by atoms with van der Waals surface area (Å²) in [5.74, 6) is 0.319. The Morgan fingerprint density at radius 1 is 1.47 bits per heavy atom. The lowest BCUT2D eigenvalue weighted by atomic mass is 9.97. The van der Waals surface area contributed by atoms with E-state index < -0.39 is 0 Å². The summed E-state index contributed by atoms with van der Waals surface area (Å²) in [7, 11) is 0. The summed E-state index contributed by atoms with van der Waals surface area (Å²) < 4.78 is 1.05. The molecule has 104 valence electrons. The number of halogens is 1. The lowest BCUT2D eigenvalue weighted by Crippen LogP contribution is -2.45. The molecule has 1 saturated heterocycles. The molecule has 1 aromatic rings. The van der Waals surface area contributed by atoms with Crippen LogP contribution in [0.2, 0.25) is 0 Å². The van der Waals surface area contributed by atoms with Crippen LogP contribution >= 0.6 is 15.9 Å². The van der Waals surface area contributed by atoms with Gasteiger partial charge >= 0.3 is 0 Å². The minimum absolute atomic E-state index is 0.279. The van der Waals surface area contributed by atoms with Crippen LogP contribution in [0.4, 0.5) is 0 Å². The zero-order valence-electron chi connectivity index (χ0n) is 11.3. The third kappa shape index (κ3) is 3.81. The molecule has 0 aromatic heterocycles. The van der Waals surface area contributed by atoms with Gasteiger partial charge in [-0.25, -0.2) is 0 Å². The molecule has 1 aromatic carbocycles. The predicted octanol–water partition coefficient (Wildman–Crippen LogP) is 3.07. The van der Waals surface area contributed by atoms with E-state index in [4.69, 9.17) is 0 Å². The molecule has 0 aliphatic carbocycles. The number of piperazine rings is 1. The summed E-state index contributed by atoms with van der Waals surface area (Å²) in [6.07, 6.45) is 0.919. The smallest absolute Gasteiger partial charge is 0.115 e. The van der Waals surface area contributed by atoms with E-state index in [1.54, 1.807) is 6.07 Å². The van der Waals surface area contributed by atoms with E-state index in [1.807, 2.05) is 12.1 Å². The molecule has 0 saturated carbocycles. The van der Waals surface area contributed by atoms with Crippen molar-refractivity contribution in [3.63, 3.8) is 0 Å². The van der Waals surface area contributed by atoms with Crippen LogP contribution in [0, 0.1) is 0 Å². The van der Waals surface area contributed by atoms with Gasteiger partial charge in [-0.3, -0.25) is 4.90 Å². The highest BCUT2D eigenvalue weighted by atomic mass is 79.9. The van der Waals surface area contributed by atoms with Crippen LogP contribution in [0.3, 0.4) is 0 Å². The van der Waals surface area contributed by atoms with Crippen molar-refractivity contribution >= 4 is 15.9 Å². The number of phenols is 1. The molecule has 1 aliphatic rings. The van der Waals surface area contributed by atoms with E-state index in [0.29, 0.717) is 5.75 Å². The van der Waals surface area contributed by atoms with Crippen LogP contribution in [0.5, 0.6) is 5.75 Å². The fourth-order valence-corrected chi connectivity index (χ4v) is 3.06. The van der Waals surface area contributed by atoms with E-state index in [1.165, 1.54) is 5.57 Å². The SMILES string of the molecule is C=C(C)C[C@H](c1cc(O)ccc1Br)N1CCNCC1. The second-order valence-corrected chi connectivity index (χ2v) is 6.02. The molecule has 2 rings (SSSR count). The van der Waals surface area contributed by atoms with Crippen LogP contribution in [0.1, 0.15) is 24.9 Å². The number of rotatable bonds is 4. The van der Waals surface area contributed by atoms with Crippen molar-refractivity contribution in [2.75, 3.05) is 26.2 Å². The molecule has 0 unspecified atom stereocenters. The van der Waals surface area contributed by atoms with Gasteiger partial charge in [0.1, 0.15) is 5.75 Å². The Kier molecular flexibility index (Phi) is 5.02. The second-order valence-electron chi connectivity index (χ2n) is 5.17. The minimum atomic E-state index is 0.279. The second kappa shape index (κ2) is 6.55. The fourth-order valence-electron chi connectivity index (χ4n) is 2.55. The number of benzene rings is 1. The van der Waals surface area contributed by atoms with Crippen molar-refractivity contribution in [2.24, 2.45) is 0 Å². The van der Waals surface area contributed by atoms with Crippen molar-refractivity contribution in [3.8, 4) is 5.75 Å². The zero-order valence-corrected chi connectivity index (χ0v) is 12.9. The number of nitrogens with zero attached hydrogens (tertiary/aromatic N) is 1. The molecular weight excluding hydrogens is 304 g/mol. The van der Waals surface area contributed by atoms with Crippen molar-refractivity contribution < 1.29 is 5.11 Å². The van der Waals surface area contributed by atoms with E-state index in [0.717, 1.165) is 42.6 Å². The summed E-state index contributed by atoms with van der Waals surface area (Å²) in [6.45, 7) is 10.2. The molecule has 1 aliphatic heterocycles. The van der Waals surface area contributed by atoms with Gasteiger partial charge < -0.3 is 10.4 Å². The molecule has 0 bridgehead atoms. The Morgan fingerprint density at radius 3 is 2.79 bits per heavy atom. The molecule has 0 radical (unpaired) electrons. The van der Waals surface area contributed by atoms with Gasteiger partial charge in [-0.2, -0.15) is 0 Å². The molecule has 3 nitrogen and oxygen atoms in total. The molecule has 19 heavy (non-hydrogen) atoms. The van der Waals surface area contributed by atoms with Gasteiger partial charge in [0, 0.05) is 36.7 Å². The Labute approximate surface area is 123 Å². The van der Waals surface area contributed by atoms with E-state index >= 15 is 0 Å². The number of nitrogens with one attached hydrogen (secondary N) is 1. The molecule has 2 N–H and O–H groups in total. The third-order valence-electron chi connectivity index (χ3n) is 3.47. The van der Waals surface area contributed by atoms with Gasteiger partial charge in [0.15, 0.2) is 0 Å². The monoisotopic (exact) mass is 324 g/mol. The van der Waals surface area contributed by atoms with Crippen LogP contribution < -0.4 is 5.32 Å². The maximum atomic E-state index is 9.74. The first kappa shape index (κ1) is 14.6. The molecule has 1 heterocycles. The van der Waals surface area contributed by atoms with Crippen molar-refractivity contribution in [1.29, 1.82) is 0 Å². The summed E-state index contributed by atoms with van der Waals surface area (Å²) >= 11 is 3.60. The van der Waals surface area contributed by atoms with E-state index in [9.17, 15) is 5.11 Å². The topological polar surface area (TPSA) is 35.5 Å². The van der Waals surface area contributed by atoms with Gasteiger partial charge in [0.25, 0.3) is 0 Å². The summed E-state index contributed by atoms with van der Waals surface area (Å²) in [4.78, 5) is 2.46. The van der Waals surface area contributed by atoms with Crippen molar-refractivity contribution in [2.45, 2.75) is 19.4 Å². The van der Waals surface area contributed by atoms with E-state index in [-0.39, 0.29) is 6.04 Å². The number of hydrogen-bond acceptors (Lipinski definition) is 3. The fraction of sp³-hybridized carbons (Fsp3) is 0.467. The third-order valence-corrected chi connectivity index (χ3v) is 4.19. The maximum Gasteiger partial charge on any atom is 0.115 e. The lowest BCUT2D eigenvalue weighted by molar-refractivity contribution is 0.171. The van der Waals surface area contributed by atoms with Crippen molar-refractivity contribution in [3.05, 3.63) is 40.4 Å². The van der Waals surface area contributed by atoms with Gasteiger partial charge in [0.05, 0.1) is 0 Å². The summed E-state index contributed by atoms with van der Waals surface area (Å²) in [5, 5.41) is 13.1. The highest BCUT2D eigenvalue weighted by Gasteiger charge is 2.24. The average Bonchev–Trinajstić information content (AvgIpc) is 2.40. The minimum Gasteiger partial charge on any atom is -0.508 e. The lowest BCUT2D eigenvalue weighted by Gasteiger charge is -2.36.